The van der Waals surface area contributed by atoms with E-state index in [9.17, 15) is 61.9 Å². The van der Waals surface area contributed by atoms with Crippen molar-refractivity contribution in [3.8, 4) is 33.4 Å². The molecule has 0 heterocycles. The highest BCUT2D eigenvalue weighted by Gasteiger charge is 2.99. The molecule has 26 heteroatoms. The van der Waals surface area contributed by atoms with Crippen molar-refractivity contribution in [2.45, 2.75) is 80.1 Å². The van der Waals surface area contributed by atoms with Gasteiger partial charge < -0.3 is 4.18 Å². The quantitative estimate of drug-likeness (QED) is 0.0850. The van der Waals surface area contributed by atoms with E-state index in [4.69, 9.17) is 4.18 Å². The van der Waals surface area contributed by atoms with Crippen LogP contribution in [0.3, 0.4) is 0 Å². The normalized spacial score (nSPS) is 14.2. The molecule has 0 aromatic heterocycles. The molecule has 2 nitrogen and oxygen atoms in total. The molecule has 86 heavy (non-hydrogen) atoms. The number of rotatable bonds is 17. The van der Waals surface area contributed by atoms with E-state index < -0.39 is 96.4 Å². The lowest BCUT2D eigenvalue weighted by atomic mass is 9.85. The fourth-order valence-electron chi connectivity index (χ4n) is 9.51. The smallest absolute Gasteiger partial charge is 0.397 e. The summed E-state index contributed by atoms with van der Waals surface area (Å²) in [6.07, 6.45) is -8.20. The zero-order valence-electron chi connectivity index (χ0n) is 42.5. The Morgan fingerprint density at radius 1 is 0.267 bits per heavy atom. The lowest BCUT2D eigenvalue weighted by Gasteiger charge is -2.45. The van der Waals surface area contributed by atoms with Crippen molar-refractivity contribution in [3.63, 3.8) is 0 Å². The number of benzene rings is 9. The largest absolute Gasteiger partial charge is 0.460 e. The fraction of sp³-hybridized carbons (Fsp3) is 0.183. The second-order valence-corrected chi connectivity index (χ2v) is 22.0. The van der Waals surface area contributed by atoms with Crippen molar-refractivity contribution in [2.24, 2.45) is 0 Å². The minimum atomic E-state index is -9.62. The van der Waals surface area contributed by atoms with Crippen LogP contribution in [0, 0.1) is 0 Å². The van der Waals surface area contributed by atoms with Crippen LogP contribution in [-0.2, 0) is 8.98 Å². The third kappa shape index (κ3) is 9.15. The van der Waals surface area contributed by atoms with Crippen LogP contribution in [0.4, 0.5) is 101 Å². The van der Waals surface area contributed by atoms with Crippen LogP contribution in [0.5, 0.6) is 0 Å². The van der Waals surface area contributed by atoms with Gasteiger partial charge in [-0.1, -0.05) is 164 Å². The number of fused-ring (bicyclic) bond motifs is 3. The molecule has 0 radical (unpaired) electrons. The highest BCUT2D eigenvalue weighted by Crippen LogP contribution is 2.72. The third-order valence-corrected chi connectivity index (χ3v) is 17.4. The van der Waals surface area contributed by atoms with Crippen molar-refractivity contribution in [1.82, 2.24) is 0 Å². The number of hydrogen-bond donors (Lipinski definition) is 0. The maximum Gasteiger partial charge on any atom is 0.460 e. The maximum atomic E-state index is 16.5. The summed E-state index contributed by atoms with van der Waals surface area (Å²) in [5.74, 6) is -95.3. The van der Waals surface area contributed by atoms with E-state index in [2.05, 4.69) is 0 Å². The summed E-state index contributed by atoms with van der Waals surface area (Å²) < 4.78 is 342. The molecule has 0 N–H and O–H groups in total. The highest BCUT2D eigenvalue weighted by molar-refractivity contribution is 8.30. The van der Waals surface area contributed by atoms with E-state index in [0.29, 0.717) is 65.7 Å². The summed E-state index contributed by atoms with van der Waals surface area (Å²) in [6.45, 7) is 0. The van der Waals surface area contributed by atoms with Gasteiger partial charge in [0, 0.05) is 14.7 Å². The van der Waals surface area contributed by atoms with Crippen molar-refractivity contribution in [3.05, 3.63) is 200 Å². The Kier molecular flexibility index (Phi) is 15.2. The Balaban J connectivity index is 1.21. The van der Waals surface area contributed by atoms with Crippen LogP contribution < -0.4 is 0 Å². The molecule has 0 amide bonds. The lowest BCUT2D eigenvalue weighted by Crippen LogP contribution is -2.78. The van der Waals surface area contributed by atoms with Gasteiger partial charge in [-0.05, 0) is 112 Å². The van der Waals surface area contributed by atoms with Crippen molar-refractivity contribution >= 4 is 48.6 Å². The molecule has 0 saturated carbocycles. The summed E-state index contributed by atoms with van der Waals surface area (Å²) >= 11 is 0. The molecule has 9 aromatic rings. The number of hydrogen-bond acceptors (Lipinski definition) is 2. The standard InChI is InChI=1S/C60H33F23O2S/c61-50(62,51(63,64)52(65,66)53(67,68)54(69,70)55(71,72)56(73,74)57(75,76)58(77,78)59(79,80)60(81,82)83)49(84)85-86(40-28-22-37(23-29-40)46-19-7-13-34-10-1-4-16-43(34)46,41-30-24-38(25-31-41)47-20-8-14-35-11-2-5-17-44(35)47)42-32-26-39(27-33-42)48-21-9-15-36-12-3-6-18-45(36)48/h1-33H. The van der Waals surface area contributed by atoms with Gasteiger partial charge in [-0.25, -0.2) is 4.79 Å². The van der Waals surface area contributed by atoms with Crippen molar-refractivity contribution < 1.29 is 110 Å². The van der Waals surface area contributed by atoms with E-state index in [0.717, 1.165) is 36.4 Å². The topological polar surface area (TPSA) is 26.3 Å². The van der Waals surface area contributed by atoms with Gasteiger partial charge >= 0.3 is 71.4 Å². The van der Waals surface area contributed by atoms with Gasteiger partial charge in [-0.2, -0.15) is 101 Å². The van der Waals surface area contributed by atoms with Crippen molar-refractivity contribution in [2.75, 3.05) is 0 Å². The fourth-order valence-corrected chi connectivity index (χ4v) is 12.5. The molecule has 0 saturated heterocycles. The Bertz CT molecular complexity index is 3700. The van der Waals surface area contributed by atoms with Gasteiger partial charge in [0.25, 0.3) is 0 Å². The first-order valence-corrected chi connectivity index (χ1v) is 26.0. The zero-order chi connectivity index (χ0) is 63.3. The van der Waals surface area contributed by atoms with E-state index in [-0.39, 0.29) is 0 Å². The molecule has 9 rings (SSSR count). The predicted octanol–water partition coefficient (Wildman–Crippen LogP) is 20.8. The Morgan fingerprint density at radius 2 is 0.500 bits per heavy atom. The molecule has 0 spiro atoms. The number of alkyl halides is 23. The number of halogens is 23. The third-order valence-electron chi connectivity index (χ3n) is 14.2. The average Bonchev–Trinajstić information content (AvgIpc) is 0.691. The second kappa shape index (κ2) is 20.8. The Morgan fingerprint density at radius 3 is 0.767 bits per heavy atom. The van der Waals surface area contributed by atoms with Crippen LogP contribution in [0.25, 0.3) is 65.7 Å². The van der Waals surface area contributed by atoms with Crippen LogP contribution in [-0.4, -0.2) is 71.4 Å². The van der Waals surface area contributed by atoms with Crippen LogP contribution in [0.2, 0.25) is 0 Å². The van der Waals surface area contributed by atoms with E-state index in [1.54, 1.807) is 127 Å². The molecular formula is C60H33F23O2S. The van der Waals surface area contributed by atoms with E-state index in [1.807, 2.05) is 0 Å². The number of carbonyl (C=O) groups excluding carboxylic acids is 1. The Labute approximate surface area is 470 Å². The molecule has 0 fully saturated rings. The molecule has 0 aliphatic carbocycles. The van der Waals surface area contributed by atoms with Gasteiger partial charge in [0.2, 0.25) is 0 Å². The minimum Gasteiger partial charge on any atom is -0.397 e. The first kappa shape index (κ1) is 62.5. The number of carbonyl (C=O) groups is 1. The maximum absolute atomic E-state index is 16.5. The molecule has 452 valence electrons. The molecule has 0 bridgehead atoms. The van der Waals surface area contributed by atoms with E-state index in [1.165, 1.54) is 36.4 Å². The van der Waals surface area contributed by atoms with E-state index >= 15 is 43.9 Å². The highest BCUT2D eigenvalue weighted by atomic mass is 32.3. The van der Waals surface area contributed by atoms with Gasteiger partial charge in [0.15, 0.2) is 0 Å². The summed E-state index contributed by atoms with van der Waals surface area (Å²) in [7, 11) is -4.76. The van der Waals surface area contributed by atoms with Gasteiger partial charge in [-0.15, -0.1) is 0 Å². The zero-order valence-corrected chi connectivity index (χ0v) is 43.3. The summed E-state index contributed by atoms with van der Waals surface area (Å²) in [5, 5.41) is 3.82. The van der Waals surface area contributed by atoms with Gasteiger partial charge in [-0.3, -0.25) is 0 Å². The molecule has 9 aromatic carbocycles. The molecule has 0 aliphatic rings. The summed E-state index contributed by atoms with van der Waals surface area (Å²) in [5.41, 5.74) is 2.29. The average molecular weight is 1250 g/mol. The summed E-state index contributed by atoms with van der Waals surface area (Å²) in [6, 6.07) is 49.1. The van der Waals surface area contributed by atoms with Gasteiger partial charge in [0.1, 0.15) is 0 Å². The first-order valence-electron chi connectivity index (χ1n) is 24.5. The van der Waals surface area contributed by atoms with Crippen molar-refractivity contribution in [1.29, 1.82) is 0 Å². The SMILES string of the molecule is O=C(OS(c1ccc(-c2cccc3ccccc23)cc1)(c1ccc(-c2cccc3ccccc23)cc1)c1ccc(-c2cccc3ccccc23)cc1)C(F)(F)C(F)(F)C(F)(F)C(F)(F)C(F)(F)C(F)(F)C(F)(F)C(F)(F)C(F)(F)C(F)(F)C(F)(F)F. The Hall–Kier alpha value is -8.03. The molecule has 0 atom stereocenters. The molecule has 0 aliphatic heterocycles. The first-order chi connectivity index (χ1) is 39.8. The molecular weight excluding hydrogens is 1220 g/mol. The lowest BCUT2D eigenvalue weighted by molar-refractivity contribution is -0.477. The van der Waals surface area contributed by atoms with Gasteiger partial charge in [0.05, 0.1) is 0 Å². The summed E-state index contributed by atoms with van der Waals surface area (Å²) in [4.78, 5) is 12.6. The van der Waals surface area contributed by atoms with Crippen LogP contribution in [0.15, 0.2) is 215 Å². The van der Waals surface area contributed by atoms with Crippen LogP contribution >= 0.6 is 10.3 Å². The predicted molar refractivity (Wildman–Crippen MR) is 272 cm³/mol. The van der Waals surface area contributed by atoms with Crippen LogP contribution in [0.1, 0.15) is 0 Å². The second-order valence-electron chi connectivity index (χ2n) is 19.3. The monoisotopic (exact) mass is 1250 g/mol. The molecule has 0 unspecified atom stereocenters. The minimum absolute atomic E-state index is 0.292.